The molecule has 0 unspecified atom stereocenters. The summed E-state index contributed by atoms with van der Waals surface area (Å²) in [5.41, 5.74) is 0. The first-order chi connectivity index (χ1) is 6.99. The van der Waals surface area contributed by atoms with Gasteiger partial charge in [-0.3, -0.25) is 0 Å². The summed E-state index contributed by atoms with van der Waals surface area (Å²) in [5, 5.41) is 3.06. The average molecular weight is 341 g/mol. The molecular formula is C8H12IN3O2S. The number of sulfone groups is 1. The highest BCUT2D eigenvalue weighted by molar-refractivity contribution is 14.1. The first-order valence-electron chi connectivity index (χ1n) is 4.36. The molecule has 1 heterocycles. The number of hydrogen-bond donors (Lipinski definition) is 1. The quantitative estimate of drug-likeness (QED) is 0.637. The monoisotopic (exact) mass is 341 g/mol. The zero-order valence-electron chi connectivity index (χ0n) is 8.27. The SMILES string of the molecule is CS(=O)(=O)CCCNc1ncncc1I. The number of hydrogen-bond acceptors (Lipinski definition) is 5. The Morgan fingerprint density at radius 2 is 2.27 bits per heavy atom. The molecule has 0 aromatic carbocycles. The molecule has 0 bridgehead atoms. The van der Waals surface area contributed by atoms with Crippen molar-refractivity contribution in [1.29, 1.82) is 0 Å². The Morgan fingerprint density at radius 1 is 1.53 bits per heavy atom. The smallest absolute Gasteiger partial charge is 0.147 e. The summed E-state index contributed by atoms with van der Waals surface area (Å²) in [4.78, 5) is 7.89. The lowest BCUT2D eigenvalue weighted by Gasteiger charge is -2.05. The minimum absolute atomic E-state index is 0.196. The molecule has 5 nitrogen and oxygen atoms in total. The molecule has 0 radical (unpaired) electrons. The van der Waals surface area contributed by atoms with Gasteiger partial charge in [-0.1, -0.05) is 0 Å². The molecule has 1 aromatic heterocycles. The van der Waals surface area contributed by atoms with E-state index in [4.69, 9.17) is 0 Å². The van der Waals surface area contributed by atoms with Gasteiger partial charge in [-0.05, 0) is 29.0 Å². The Balaban J connectivity index is 2.36. The van der Waals surface area contributed by atoms with Gasteiger partial charge in [0.2, 0.25) is 0 Å². The van der Waals surface area contributed by atoms with Crippen LogP contribution in [0.15, 0.2) is 12.5 Å². The number of aromatic nitrogens is 2. The highest BCUT2D eigenvalue weighted by atomic mass is 127. The van der Waals surface area contributed by atoms with Crippen LogP contribution in [0.25, 0.3) is 0 Å². The first-order valence-corrected chi connectivity index (χ1v) is 7.50. The fourth-order valence-electron chi connectivity index (χ4n) is 0.984. The molecule has 84 valence electrons. The van der Waals surface area contributed by atoms with Gasteiger partial charge in [0, 0.05) is 19.0 Å². The number of nitrogens with zero attached hydrogens (tertiary/aromatic N) is 2. The van der Waals surface area contributed by atoms with E-state index in [2.05, 4.69) is 37.9 Å². The highest BCUT2D eigenvalue weighted by Crippen LogP contribution is 2.11. The summed E-state index contributed by atoms with van der Waals surface area (Å²) in [7, 11) is -2.86. The third-order valence-corrected chi connectivity index (χ3v) is 3.47. The molecule has 0 aliphatic rings. The van der Waals surface area contributed by atoms with Gasteiger partial charge in [0.1, 0.15) is 22.0 Å². The van der Waals surface area contributed by atoms with Gasteiger partial charge < -0.3 is 5.32 Å². The van der Waals surface area contributed by atoms with E-state index >= 15 is 0 Å². The summed E-state index contributed by atoms with van der Waals surface area (Å²) in [6.45, 7) is 0.597. The van der Waals surface area contributed by atoms with Crippen molar-refractivity contribution in [3.8, 4) is 0 Å². The molecule has 1 N–H and O–H groups in total. The van der Waals surface area contributed by atoms with E-state index in [-0.39, 0.29) is 5.75 Å². The molecule has 0 fully saturated rings. The zero-order valence-corrected chi connectivity index (χ0v) is 11.2. The number of rotatable bonds is 5. The van der Waals surface area contributed by atoms with Crippen LogP contribution in [0.5, 0.6) is 0 Å². The van der Waals surface area contributed by atoms with E-state index < -0.39 is 9.84 Å². The number of anilines is 1. The van der Waals surface area contributed by atoms with Crippen LogP contribution in [-0.2, 0) is 9.84 Å². The zero-order chi connectivity index (χ0) is 11.3. The summed E-state index contributed by atoms with van der Waals surface area (Å²) >= 11 is 2.12. The van der Waals surface area contributed by atoms with Crippen molar-refractivity contribution in [1.82, 2.24) is 9.97 Å². The number of nitrogens with one attached hydrogen (secondary N) is 1. The van der Waals surface area contributed by atoms with E-state index in [0.717, 1.165) is 9.39 Å². The lowest BCUT2D eigenvalue weighted by atomic mass is 10.4. The Morgan fingerprint density at radius 3 is 2.87 bits per heavy atom. The molecule has 0 aliphatic heterocycles. The predicted molar refractivity (Wildman–Crippen MR) is 67.6 cm³/mol. The third kappa shape index (κ3) is 5.26. The standard InChI is InChI=1S/C8H12IN3O2S/c1-15(13,14)4-2-3-11-8-7(9)5-10-6-12-8/h5-6H,2-4H2,1H3,(H,10,11,12). The minimum atomic E-state index is -2.86. The molecule has 0 saturated carbocycles. The molecule has 0 spiro atoms. The van der Waals surface area contributed by atoms with Gasteiger partial charge in [-0.25, -0.2) is 18.4 Å². The van der Waals surface area contributed by atoms with Crippen molar-refractivity contribution < 1.29 is 8.42 Å². The van der Waals surface area contributed by atoms with E-state index in [9.17, 15) is 8.42 Å². The van der Waals surface area contributed by atoms with Crippen LogP contribution in [0, 0.1) is 3.57 Å². The van der Waals surface area contributed by atoms with Crippen LogP contribution < -0.4 is 5.32 Å². The largest absolute Gasteiger partial charge is 0.369 e. The van der Waals surface area contributed by atoms with Crippen LogP contribution in [0.3, 0.4) is 0 Å². The first kappa shape index (κ1) is 12.6. The molecule has 7 heteroatoms. The molecule has 0 aliphatic carbocycles. The molecule has 0 atom stereocenters. The van der Waals surface area contributed by atoms with E-state index in [1.165, 1.54) is 12.6 Å². The van der Waals surface area contributed by atoms with Crippen molar-refractivity contribution in [3.63, 3.8) is 0 Å². The van der Waals surface area contributed by atoms with Gasteiger partial charge >= 0.3 is 0 Å². The maximum atomic E-state index is 10.9. The van der Waals surface area contributed by atoms with Crippen molar-refractivity contribution in [2.24, 2.45) is 0 Å². The normalized spacial score (nSPS) is 11.3. The second-order valence-electron chi connectivity index (χ2n) is 3.13. The molecule has 0 saturated heterocycles. The van der Waals surface area contributed by atoms with Crippen LogP contribution in [-0.4, -0.2) is 36.9 Å². The van der Waals surface area contributed by atoms with Gasteiger partial charge in [-0.15, -0.1) is 0 Å². The Labute approximate surface area is 103 Å². The molecule has 1 aromatic rings. The van der Waals surface area contributed by atoms with Gasteiger partial charge in [0.25, 0.3) is 0 Å². The topological polar surface area (TPSA) is 72.0 Å². The van der Waals surface area contributed by atoms with Crippen molar-refractivity contribution in [3.05, 3.63) is 16.1 Å². The van der Waals surface area contributed by atoms with E-state index in [1.807, 2.05) is 0 Å². The lowest BCUT2D eigenvalue weighted by Crippen LogP contribution is -2.11. The molecule has 15 heavy (non-hydrogen) atoms. The maximum Gasteiger partial charge on any atom is 0.147 e. The van der Waals surface area contributed by atoms with Crippen LogP contribution in [0.4, 0.5) is 5.82 Å². The fourth-order valence-corrected chi connectivity index (χ4v) is 2.14. The maximum absolute atomic E-state index is 10.9. The van der Waals surface area contributed by atoms with Crippen molar-refractivity contribution >= 4 is 38.2 Å². The highest BCUT2D eigenvalue weighted by Gasteiger charge is 2.02. The summed E-state index contributed by atoms with van der Waals surface area (Å²) < 4.78 is 22.6. The summed E-state index contributed by atoms with van der Waals surface area (Å²) in [6, 6.07) is 0. The minimum Gasteiger partial charge on any atom is -0.369 e. The van der Waals surface area contributed by atoms with Gasteiger partial charge in [0.15, 0.2) is 0 Å². The molecule has 1 rings (SSSR count). The Hall–Kier alpha value is -0.440. The average Bonchev–Trinajstić information content (AvgIpc) is 2.13. The van der Waals surface area contributed by atoms with Gasteiger partial charge in [0.05, 0.1) is 9.32 Å². The van der Waals surface area contributed by atoms with Crippen molar-refractivity contribution in [2.75, 3.05) is 23.9 Å². The Kier molecular flexibility index (Phi) is 4.71. The second-order valence-corrected chi connectivity index (χ2v) is 6.55. The second kappa shape index (κ2) is 5.59. The van der Waals surface area contributed by atoms with Crippen LogP contribution in [0.1, 0.15) is 6.42 Å². The molecule has 0 amide bonds. The molecular weight excluding hydrogens is 329 g/mol. The summed E-state index contributed by atoms with van der Waals surface area (Å²) in [6.07, 6.45) is 4.98. The third-order valence-electron chi connectivity index (χ3n) is 1.65. The number of halogens is 1. The van der Waals surface area contributed by atoms with Crippen LogP contribution in [0.2, 0.25) is 0 Å². The lowest BCUT2D eigenvalue weighted by molar-refractivity contribution is 0.600. The van der Waals surface area contributed by atoms with Crippen LogP contribution >= 0.6 is 22.6 Å². The van der Waals surface area contributed by atoms with E-state index in [1.54, 1.807) is 6.20 Å². The Bertz CT molecular complexity index is 422. The van der Waals surface area contributed by atoms with Crippen molar-refractivity contribution in [2.45, 2.75) is 6.42 Å². The van der Waals surface area contributed by atoms with E-state index in [0.29, 0.717) is 13.0 Å². The fraction of sp³-hybridized carbons (Fsp3) is 0.500. The summed E-state index contributed by atoms with van der Waals surface area (Å²) in [5.74, 6) is 0.945. The predicted octanol–water partition coefficient (Wildman–Crippen LogP) is 0.928. The van der Waals surface area contributed by atoms with Gasteiger partial charge in [-0.2, -0.15) is 0 Å².